The van der Waals surface area contributed by atoms with Crippen molar-refractivity contribution in [2.45, 2.75) is 45.3 Å². The predicted octanol–water partition coefficient (Wildman–Crippen LogP) is 2.12. The summed E-state index contributed by atoms with van der Waals surface area (Å²) < 4.78 is 12.6. The van der Waals surface area contributed by atoms with Crippen molar-refractivity contribution < 1.29 is 4.39 Å². The highest BCUT2D eigenvalue weighted by Gasteiger charge is 2.39. The van der Waals surface area contributed by atoms with Crippen LogP contribution in [0.3, 0.4) is 0 Å². The van der Waals surface area contributed by atoms with Crippen LogP contribution in [0.1, 0.15) is 33.6 Å². The van der Waals surface area contributed by atoms with Gasteiger partial charge in [-0.3, -0.25) is 0 Å². The summed E-state index contributed by atoms with van der Waals surface area (Å²) >= 11 is 0. The molecule has 1 nitrogen and oxygen atoms in total. The van der Waals surface area contributed by atoms with Gasteiger partial charge in [0.05, 0.1) is 0 Å². The normalized spacial score (nSPS) is 37.5. The smallest absolute Gasteiger partial charge is 0.111 e. The zero-order valence-electron chi connectivity index (χ0n) is 7.37. The SMILES string of the molecule is CC.CNC1CC(C)(F)C1. The third-order valence-corrected chi connectivity index (χ3v) is 1.75. The minimum absolute atomic E-state index is 0.435. The number of hydrogen-bond acceptors (Lipinski definition) is 1. The van der Waals surface area contributed by atoms with E-state index in [1.165, 1.54) is 0 Å². The molecule has 2 heteroatoms. The lowest BCUT2D eigenvalue weighted by Crippen LogP contribution is -2.47. The van der Waals surface area contributed by atoms with Gasteiger partial charge >= 0.3 is 0 Å². The first-order valence-corrected chi connectivity index (χ1v) is 4.00. The highest BCUT2D eigenvalue weighted by atomic mass is 19.1. The molecule has 0 saturated heterocycles. The molecule has 0 aromatic rings. The van der Waals surface area contributed by atoms with Gasteiger partial charge in [0.25, 0.3) is 0 Å². The number of nitrogens with one attached hydrogen (secondary N) is 1. The van der Waals surface area contributed by atoms with Gasteiger partial charge < -0.3 is 5.32 Å². The summed E-state index contributed by atoms with van der Waals surface area (Å²) in [6, 6.07) is 0.435. The van der Waals surface area contributed by atoms with Gasteiger partial charge in [0, 0.05) is 6.04 Å². The fourth-order valence-electron chi connectivity index (χ4n) is 1.17. The summed E-state index contributed by atoms with van der Waals surface area (Å²) in [5.74, 6) is 0. The van der Waals surface area contributed by atoms with Gasteiger partial charge in [-0.2, -0.15) is 0 Å². The van der Waals surface area contributed by atoms with Gasteiger partial charge in [0.15, 0.2) is 0 Å². The van der Waals surface area contributed by atoms with Crippen LogP contribution in [-0.2, 0) is 0 Å². The van der Waals surface area contributed by atoms with Crippen molar-refractivity contribution in [1.29, 1.82) is 0 Å². The maximum absolute atomic E-state index is 12.6. The van der Waals surface area contributed by atoms with Crippen LogP contribution < -0.4 is 5.32 Å². The van der Waals surface area contributed by atoms with Crippen LogP contribution in [0.2, 0.25) is 0 Å². The maximum atomic E-state index is 12.6. The van der Waals surface area contributed by atoms with E-state index in [4.69, 9.17) is 0 Å². The zero-order chi connectivity index (χ0) is 8.20. The topological polar surface area (TPSA) is 12.0 Å². The molecule has 1 rings (SSSR count). The van der Waals surface area contributed by atoms with Crippen LogP contribution in [0.5, 0.6) is 0 Å². The molecule has 1 N–H and O–H groups in total. The lowest BCUT2D eigenvalue weighted by molar-refractivity contribution is 0.0515. The molecule has 0 aliphatic heterocycles. The van der Waals surface area contributed by atoms with Crippen molar-refractivity contribution in [3.63, 3.8) is 0 Å². The summed E-state index contributed by atoms with van der Waals surface area (Å²) in [6.07, 6.45) is 1.37. The standard InChI is InChI=1S/C6H12FN.C2H6/c1-6(7)3-5(4-6)8-2;1-2/h5,8H,3-4H2,1-2H3;1-2H3. The maximum Gasteiger partial charge on any atom is 0.111 e. The quantitative estimate of drug-likeness (QED) is 0.599. The Labute approximate surface area is 63.0 Å². The highest BCUT2D eigenvalue weighted by molar-refractivity contribution is 4.94. The molecule has 1 aliphatic rings. The Balaban J connectivity index is 0.000000371. The van der Waals surface area contributed by atoms with E-state index in [0.29, 0.717) is 18.9 Å². The molecular formula is C8H18FN. The monoisotopic (exact) mass is 147 g/mol. The molecule has 0 aromatic heterocycles. The van der Waals surface area contributed by atoms with Crippen LogP contribution in [0.15, 0.2) is 0 Å². The molecule has 0 spiro atoms. The lowest BCUT2D eigenvalue weighted by atomic mass is 9.79. The van der Waals surface area contributed by atoms with Crippen LogP contribution in [0.4, 0.5) is 4.39 Å². The van der Waals surface area contributed by atoms with Crippen LogP contribution in [0, 0.1) is 0 Å². The molecule has 0 atom stereocenters. The van der Waals surface area contributed by atoms with Gasteiger partial charge in [-0.1, -0.05) is 13.8 Å². The lowest BCUT2D eigenvalue weighted by Gasteiger charge is -2.38. The third kappa shape index (κ3) is 2.65. The summed E-state index contributed by atoms with van der Waals surface area (Å²) in [5, 5.41) is 3.02. The molecule has 62 valence electrons. The molecule has 0 aromatic carbocycles. The van der Waals surface area contributed by atoms with Gasteiger partial charge in [0.2, 0.25) is 0 Å². The Morgan fingerprint density at radius 1 is 1.40 bits per heavy atom. The molecule has 10 heavy (non-hydrogen) atoms. The van der Waals surface area contributed by atoms with E-state index in [0.717, 1.165) is 0 Å². The largest absolute Gasteiger partial charge is 0.317 e. The summed E-state index contributed by atoms with van der Waals surface area (Å²) in [6.45, 7) is 5.65. The van der Waals surface area contributed by atoms with Crippen molar-refractivity contribution in [3.8, 4) is 0 Å². The molecule has 0 amide bonds. The molecule has 1 aliphatic carbocycles. The van der Waals surface area contributed by atoms with Crippen molar-refractivity contribution in [1.82, 2.24) is 5.32 Å². The van der Waals surface area contributed by atoms with Crippen LogP contribution in [-0.4, -0.2) is 18.8 Å². The van der Waals surface area contributed by atoms with Gasteiger partial charge in [-0.05, 0) is 26.8 Å². The minimum Gasteiger partial charge on any atom is -0.317 e. The van der Waals surface area contributed by atoms with Crippen molar-refractivity contribution in [2.24, 2.45) is 0 Å². The van der Waals surface area contributed by atoms with E-state index in [1.54, 1.807) is 6.92 Å². The van der Waals surface area contributed by atoms with Gasteiger partial charge in [0.1, 0.15) is 5.67 Å². The third-order valence-electron chi connectivity index (χ3n) is 1.75. The number of halogens is 1. The molecule has 0 radical (unpaired) electrons. The fraction of sp³-hybridized carbons (Fsp3) is 1.00. The average molecular weight is 147 g/mol. The Bertz CT molecular complexity index is 83.3. The average Bonchev–Trinajstić information content (AvgIpc) is 1.87. The van der Waals surface area contributed by atoms with E-state index in [-0.39, 0.29) is 0 Å². The van der Waals surface area contributed by atoms with Gasteiger partial charge in [-0.15, -0.1) is 0 Å². The summed E-state index contributed by atoms with van der Waals surface area (Å²) in [7, 11) is 1.87. The number of alkyl halides is 1. The molecule has 0 heterocycles. The first-order valence-electron chi connectivity index (χ1n) is 4.00. The first-order chi connectivity index (χ1) is 4.64. The van der Waals surface area contributed by atoms with Crippen LogP contribution >= 0.6 is 0 Å². The van der Waals surface area contributed by atoms with E-state index in [1.807, 2.05) is 20.9 Å². The number of hydrogen-bond donors (Lipinski definition) is 1. The Kier molecular flexibility index (Phi) is 3.87. The summed E-state index contributed by atoms with van der Waals surface area (Å²) in [4.78, 5) is 0. The van der Waals surface area contributed by atoms with E-state index < -0.39 is 5.67 Å². The van der Waals surface area contributed by atoms with E-state index in [9.17, 15) is 4.39 Å². The Morgan fingerprint density at radius 2 is 1.80 bits per heavy atom. The number of rotatable bonds is 1. The van der Waals surface area contributed by atoms with Crippen molar-refractivity contribution >= 4 is 0 Å². The second-order valence-electron chi connectivity index (χ2n) is 2.81. The molecule has 0 bridgehead atoms. The second kappa shape index (κ2) is 3.91. The Hall–Kier alpha value is -0.110. The van der Waals surface area contributed by atoms with Crippen molar-refractivity contribution in [2.75, 3.05) is 7.05 Å². The second-order valence-corrected chi connectivity index (χ2v) is 2.81. The van der Waals surface area contributed by atoms with Crippen LogP contribution in [0.25, 0.3) is 0 Å². The predicted molar refractivity (Wildman–Crippen MR) is 42.9 cm³/mol. The highest BCUT2D eigenvalue weighted by Crippen LogP contribution is 2.34. The van der Waals surface area contributed by atoms with Gasteiger partial charge in [-0.25, -0.2) is 4.39 Å². The Morgan fingerprint density at radius 3 is 1.90 bits per heavy atom. The molecule has 1 fully saturated rings. The molecular weight excluding hydrogens is 129 g/mol. The van der Waals surface area contributed by atoms with E-state index >= 15 is 0 Å². The van der Waals surface area contributed by atoms with E-state index in [2.05, 4.69) is 5.32 Å². The minimum atomic E-state index is -0.867. The zero-order valence-corrected chi connectivity index (χ0v) is 7.37. The van der Waals surface area contributed by atoms with Crippen molar-refractivity contribution in [3.05, 3.63) is 0 Å². The fourth-order valence-corrected chi connectivity index (χ4v) is 1.17. The summed E-state index contributed by atoms with van der Waals surface area (Å²) in [5.41, 5.74) is -0.867. The molecule has 0 unspecified atom stereocenters. The molecule has 1 saturated carbocycles. The first kappa shape index (κ1) is 9.89.